The number of carbonyl (C=O) groups is 1. The molecule has 1 heterocycles. The molecule has 0 radical (unpaired) electrons. The van der Waals surface area contributed by atoms with Gasteiger partial charge >= 0.3 is 0 Å². The number of halogens is 1. The van der Waals surface area contributed by atoms with Gasteiger partial charge in [-0.2, -0.15) is 5.10 Å². The molecule has 2 aliphatic rings. The molecule has 2 fully saturated rings. The van der Waals surface area contributed by atoms with Crippen molar-refractivity contribution in [3.05, 3.63) is 40.5 Å². The molecule has 138 valence electrons. The molecule has 2 bridgehead atoms. The number of benzene rings is 1. The van der Waals surface area contributed by atoms with Crippen LogP contribution in [0.4, 0.5) is 0 Å². The third-order valence-corrected chi connectivity index (χ3v) is 7.25. The van der Waals surface area contributed by atoms with Gasteiger partial charge in [0.15, 0.2) is 0 Å². The number of carbonyl (C=O) groups excluding carboxylic acids is 1. The predicted octanol–water partition coefficient (Wildman–Crippen LogP) is 4.98. The Hall–Kier alpha value is -1.81. The smallest absolute Gasteiger partial charge is 0.269 e. The van der Waals surface area contributed by atoms with Crippen LogP contribution in [-0.4, -0.2) is 22.1 Å². The molecule has 4 rings (SSSR count). The standard InChI is InChI=1S/C21H26ClN3O/c1-12-9-13(5-6-15(12)22)16-10-17(25-24-16)18(26)23-19-20(2,3)14-7-8-21(19,4)11-14/h5-6,9-10,14,19H,7-8,11H2,1-4H3,(H,23,26)(H,24,25)/t14-,19-,21+/m1/s1. The Labute approximate surface area is 159 Å². The second kappa shape index (κ2) is 5.85. The van der Waals surface area contributed by atoms with Crippen LogP contribution in [0, 0.1) is 23.7 Å². The summed E-state index contributed by atoms with van der Waals surface area (Å²) in [5.41, 5.74) is 3.56. The van der Waals surface area contributed by atoms with Crippen molar-refractivity contribution in [2.45, 2.75) is 53.0 Å². The molecule has 1 aromatic carbocycles. The summed E-state index contributed by atoms with van der Waals surface area (Å²) < 4.78 is 0. The van der Waals surface area contributed by atoms with Crippen LogP contribution in [0.1, 0.15) is 56.1 Å². The summed E-state index contributed by atoms with van der Waals surface area (Å²) in [6.07, 6.45) is 3.69. The topological polar surface area (TPSA) is 57.8 Å². The SMILES string of the molecule is Cc1cc(-c2cc(C(=O)N[C@@H]3C(C)(C)[C@@H]4CC[C@@]3(C)C4)[nH]n2)ccc1Cl. The van der Waals surface area contributed by atoms with Gasteiger partial charge in [0, 0.05) is 16.6 Å². The lowest BCUT2D eigenvalue weighted by Crippen LogP contribution is -2.52. The molecule has 0 unspecified atom stereocenters. The van der Waals surface area contributed by atoms with Crippen LogP contribution in [0.15, 0.2) is 24.3 Å². The Bertz CT molecular complexity index is 867. The second-order valence-electron chi connectivity index (χ2n) is 8.95. The van der Waals surface area contributed by atoms with Gasteiger partial charge in [-0.25, -0.2) is 0 Å². The lowest BCUT2D eigenvalue weighted by atomic mass is 9.68. The fourth-order valence-corrected chi connectivity index (χ4v) is 5.38. The van der Waals surface area contributed by atoms with Crippen LogP contribution in [0.3, 0.4) is 0 Å². The van der Waals surface area contributed by atoms with Crippen LogP contribution < -0.4 is 5.32 Å². The molecular formula is C21H26ClN3O. The molecule has 0 spiro atoms. The minimum Gasteiger partial charge on any atom is -0.347 e. The van der Waals surface area contributed by atoms with Crippen molar-refractivity contribution < 1.29 is 4.79 Å². The molecule has 2 aliphatic carbocycles. The normalized spacial score (nSPS) is 29.1. The molecule has 2 N–H and O–H groups in total. The fourth-order valence-electron chi connectivity index (χ4n) is 5.26. The highest BCUT2D eigenvalue weighted by Gasteiger charge is 2.59. The minimum atomic E-state index is -0.0683. The van der Waals surface area contributed by atoms with E-state index in [1.807, 2.05) is 31.2 Å². The molecule has 3 atom stereocenters. The first-order valence-corrected chi connectivity index (χ1v) is 9.71. The molecule has 4 nitrogen and oxygen atoms in total. The highest BCUT2D eigenvalue weighted by Crippen LogP contribution is 2.62. The van der Waals surface area contributed by atoms with E-state index in [4.69, 9.17) is 11.6 Å². The molecule has 0 saturated heterocycles. The maximum absolute atomic E-state index is 12.9. The van der Waals surface area contributed by atoms with Gasteiger partial charge in [-0.15, -0.1) is 0 Å². The Morgan fingerprint density at radius 1 is 1.31 bits per heavy atom. The summed E-state index contributed by atoms with van der Waals surface area (Å²) in [6.45, 7) is 8.87. The number of aromatic amines is 1. The van der Waals surface area contributed by atoms with Gasteiger partial charge in [-0.05, 0) is 66.7 Å². The maximum atomic E-state index is 12.9. The van der Waals surface area contributed by atoms with Gasteiger partial charge in [0.25, 0.3) is 5.91 Å². The van der Waals surface area contributed by atoms with Crippen LogP contribution in [-0.2, 0) is 0 Å². The molecular weight excluding hydrogens is 346 g/mol. The van der Waals surface area contributed by atoms with Crippen molar-refractivity contribution in [1.82, 2.24) is 15.5 Å². The average Bonchev–Trinajstić information content (AvgIpc) is 3.25. The summed E-state index contributed by atoms with van der Waals surface area (Å²) in [6, 6.07) is 7.79. The zero-order valence-electron chi connectivity index (χ0n) is 15.8. The van der Waals surface area contributed by atoms with Crippen LogP contribution in [0.25, 0.3) is 11.3 Å². The lowest BCUT2D eigenvalue weighted by Gasteiger charge is -2.43. The van der Waals surface area contributed by atoms with Gasteiger partial charge in [0.1, 0.15) is 5.69 Å². The highest BCUT2D eigenvalue weighted by atomic mass is 35.5. The van der Waals surface area contributed by atoms with Crippen molar-refractivity contribution in [1.29, 1.82) is 0 Å². The van der Waals surface area contributed by atoms with E-state index in [1.54, 1.807) is 0 Å². The molecule has 26 heavy (non-hydrogen) atoms. The first-order valence-electron chi connectivity index (χ1n) is 9.33. The van der Waals surface area contributed by atoms with Crippen molar-refractivity contribution in [3.8, 4) is 11.3 Å². The number of hydrogen-bond acceptors (Lipinski definition) is 2. The summed E-state index contributed by atoms with van der Waals surface area (Å²) in [7, 11) is 0. The molecule has 1 aromatic heterocycles. The number of nitrogens with zero attached hydrogens (tertiary/aromatic N) is 1. The van der Waals surface area contributed by atoms with E-state index in [-0.39, 0.29) is 22.8 Å². The average molecular weight is 372 g/mol. The fraction of sp³-hybridized carbons (Fsp3) is 0.524. The van der Waals surface area contributed by atoms with Gasteiger partial charge in [0.05, 0.1) is 5.69 Å². The summed E-state index contributed by atoms with van der Waals surface area (Å²) >= 11 is 6.10. The zero-order chi connectivity index (χ0) is 18.7. The van der Waals surface area contributed by atoms with Gasteiger partial charge in [-0.1, -0.05) is 38.4 Å². The van der Waals surface area contributed by atoms with Gasteiger partial charge in [0.2, 0.25) is 0 Å². The molecule has 0 aliphatic heterocycles. The first kappa shape index (κ1) is 17.6. The quantitative estimate of drug-likeness (QED) is 0.799. The number of aromatic nitrogens is 2. The van der Waals surface area contributed by atoms with Crippen molar-refractivity contribution >= 4 is 17.5 Å². The summed E-state index contributed by atoms with van der Waals surface area (Å²) in [5, 5.41) is 11.3. The first-order chi connectivity index (χ1) is 12.2. The Morgan fingerprint density at radius 2 is 2.08 bits per heavy atom. The number of H-pyrrole nitrogens is 1. The van der Waals surface area contributed by atoms with Crippen LogP contribution in [0.2, 0.25) is 5.02 Å². The number of nitrogens with one attached hydrogen (secondary N) is 2. The summed E-state index contributed by atoms with van der Waals surface area (Å²) in [5.74, 6) is 0.633. The molecule has 5 heteroatoms. The maximum Gasteiger partial charge on any atom is 0.269 e. The third-order valence-electron chi connectivity index (χ3n) is 6.82. The third kappa shape index (κ3) is 2.66. The lowest BCUT2D eigenvalue weighted by molar-refractivity contribution is 0.0733. The van der Waals surface area contributed by atoms with Crippen LogP contribution >= 0.6 is 11.6 Å². The van der Waals surface area contributed by atoms with Gasteiger partial charge in [-0.3, -0.25) is 9.89 Å². The number of fused-ring (bicyclic) bond motifs is 2. The Kier molecular flexibility index (Phi) is 3.96. The van der Waals surface area contributed by atoms with E-state index < -0.39 is 0 Å². The van der Waals surface area contributed by atoms with E-state index in [0.717, 1.165) is 21.8 Å². The number of hydrogen-bond donors (Lipinski definition) is 2. The molecule has 2 aromatic rings. The highest BCUT2D eigenvalue weighted by molar-refractivity contribution is 6.31. The monoisotopic (exact) mass is 371 g/mol. The number of aryl methyl sites for hydroxylation is 1. The van der Waals surface area contributed by atoms with Gasteiger partial charge < -0.3 is 5.32 Å². The molecule has 1 amide bonds. The van der Waals surface area contributed by atoms with E-state index in [1.165, 1.54) is 19.3 Å². The van der Waals surface area contributed by atoms with E-state index in [2.05, 4.69) is 36.3 Å². The van der Waals surface area contributed by atoms with Crippen molar-refractivity contribution in [3.63, 3.8) is 0 Å². The number of rotatable bonds is 3. The summed E-state index contributed by atoms with van der Waals surface area (Å²) in [4.78, 5) is 12.9. The zero-order valence-corrected chi connectivity index (χ0v) is 16.6. The van der Waals surface area contributed by atoms with E-state index >= 15 is 0 Å². The second-order valence-corrected chi connectivity index (χ2v) is 9.36. The van der Waals surface area contributed by atoms with Crippen molar-refractivity contribution in [2.75, 3.05) is 0 Å². The predicted molar refractivity (Wildman–Crippen MR) is 104 cm³/mol. The number of amides is 1. The Morgan fingerprint density at radius 3 is 2.73 bits per heavy atom. The molecule has 2 saturated carbocycles. The van der Waals surface area contributed by atoms with E-state index in [0.29, 0.717) is 11.6 Å². The van der Waals surface area contributed by atoms with Crippen LogP contribution in [0.5, 0.6) is 0 Å². The van der Waals surface area contributed by atoms with Crippen molar-refractivity contribution in [2.24, 2.45) is 16.7 Å². The van der Waals surface area contributed by atoms with E-state index in [9.17, 15) is 4.79 Å². The Balaban J connectivity index is 1.55. The largest absolute Gasteiger partial charge is 0.347 e. The minimum absolute atomic E-state index is 0.0683.